The minimum Gasteiger partial charge on any atom is -0.371 e. The molecule has 6 nitrogen and oxygen atoms in total. The predicted octanol–water partition coefficient (Wildman–Crippen LogP) is 3.76. The van der Waals surface area contributed by atoms with Crippen molar-refractivity contribution in [3.63, 3.8) is 0 Å². The van der Waals surface area contributed by atoms with Gasteiger partial charge in [-0.05, 0) is 62.1 Å². The van der Waals surface area contributed by atoms with Crippen molar-refractivity contribution in [3.05, 3.63) is 66.0 Å². The Labute approximate surface area is 181 Å². The number of nitrogens with zero attached hydrogens (tertiary/aromatic N) is 4. The molecule has 0 radical (unpaired) electrons. The van der Waals surface area contributed by atoms with Crippen molar-refractivity contribution in [2.75, 3.05) is 23.7 Å². The number of piperidine rings is 1. The van der Waals surface area contributed by atoms with Gasteiger partial charge in [-0.1, -0.05) is 36.0 Å². The van der Waals surface area contributed by atoms with E-state index in [1.165, 1.54) is 28.6 Å². The highest BCUT2D eigenvalue weighted by Gasteiger charge is 2.21. The van der Waals surface area contributed by atoms with Crippen LogP contribution in [0.25, 0.3) is 5.69 Å². The van der Waals surface area contributed by atoms with Crippen LogP contribution in [-0.2, 0) is 4.79 Å². The SMILES string of the molecule is Cc1ccc(-n2cnnc2SCC(=O)NC2CCN(c3ccccc3)CC2)cc1C. The summed E-state index contributed by atoms with van der Waals surface area (Å²) in [5, 5.41) is 12.1. The molecule has 0 atom stereocenters. The van der Waals surface area contributed by atoms with Crippen LogP contribution in [-0.4, -0.2) is 45.6 Å². The fourth-order valence-electron chi connectivity index (χ4n) is 3.70. The largest absolute Gasteiger partial charge is 0.371 e. The van der Waals surface area contributed by atoms with Gasteiger partial charge >= 0.3 is 0 Å². The Kier molecular flexibility index (Phi) is 6.38. The number of carbonyl (C=O) groups excluding carboxylic acids is 1. The Bertz CT molecular complexity index is 996. The molecule has 1 fully saturated rings. The molecule has 0 unspecified atom stereocenters. The van der Waals surface area contributed by atoms with Gasteiger partial charge in [0.25, 0.3) is 0 Å². The van der Waals surface area contributed by atoms with Gasteiger partial charge in [-0.25, -0.2) is 0 Å². The number of aromatic nitrogens is 3. The molecule has 1 N–H and O–H groups in total. The van der Waals surface area contributed by atoms with E-state index in [1.807, 2.05) is 10.6 Å². The zero-order valence-corrected chi connectivity index (χ0v) is 18.2. The van der Waals surface area contributed by atoms with Gasteiger partial charge in [0.05, 0.1) is 5.75 Å². The number of amides is 1. The average Bonchev–Trinajstić information content (AvgIpc) is 3.24. The normalized spacial score (nSPS) is 14.7. The van der Waals surface area contributed by atoms with Gasteiger partial charge in [-0.15, -0.1) is 10.2 Å². The zero-order chi connectivity index (χ0) is 20.9. The molecule has 2 heterocycles. The van der Waals surface area contributed by atoms with Crippen molar-refractivity contribution in [2.24, 2.45) is 0 Å². The smallest absolute Gasteiger partial charge is 0.230 e. The van der Waals surface area contributed by atoms with E-state index in [4.69, 9.17) is 0 Å². The summed E-state index contributed by atoms with van der Waals surface area (Å²) in [5.41, 5.74) is 4.73. The highest BCUT2D eigenvalue weighted by Crippen LogP contribution is 2.22. The minimum atomic E-state index is 0.0489. The number of benzene rings is 2. The molecule has 7 heteroatoms. The van der Waals surface area contributed by atoms with E-state index in [0.717, 1.165) is 36.8 Å². The standard InChI is InChI=1S/C23H27N5OS/c1-17-8-9-21(14-18(17)2)28-16-24-26-23(28)30-15-22(29)25-19-10-12-27(13-11-19)20-6-4-3-5-7-20/h3-9,14,16,19H,10-13,15H2,1-2H3,(H,25,29). The second-order valence-corrected chi connectivity index (χ2v) is 8.65. The molecular weight excluding hydrogens is 394 g/mol. The van der Waals surface area contributed by atoms with Crippen molar-refractivity contribution in [3.8, 4) is 5.69 Å². The first-order valence-corrected chi connectivity index (χ1v) is 11.3. The van der Waals surface area contributed by atoms with Gasteiger partial charge in [-0.2, -0.15) is 0 Å². The predicted molar refractivity (Wildman–Crippen MR) is 121 cm³/mol. The summed E-state index contributed by atoms with van der Waals surface area (Å²) < 4.78 is 1.93. The van der Waals surface area contributed by atoms with Gasteiger partial charge in [0.2, 0.25) is 5.91 Å². The van der Waals surface area contributed by atoms with Crippen LogP contribution in [0.2, 0.25) is 0 Å². The second kappa shape index (κ2) is 9.34. The van der Waals surface area contributed by atoms with E-state index in [9.17, 15) is 4.79 Å². The molecule has 30 heavy (non-hydrogen) atoms. The summed E-state index contributed by atoms with van der Waals surface area (Å²) in [6.45, 7) is 6.11. The quantitative estimate of drug-likeness (QED) is 0.614. The maximum absolute atomic E-state index is 12.5. The number of hydrogen-bond donors (Lipinski definition) is 1. The van der Waals surface area contributed by atoms with Crippen molar-refractivity contribution >= 4 is 23.4 Å². The number of nitrogens with one attached hydrogen (secondary N) is 1. The molecule has 1 aliphatic rings. The zero-order valence-electron chi connectivity index (χ0n) is 17.4. The average molecular weight is 422 g/mol. The lowest BCUT2D eigenvalue weighted by Crippen LogP contribution is -2.45. The second-order valence-electron chi connectivity index (χ2n) is 7.71. The number of thioether (sulfide) groups is 1. The Morgan fingerprint density at radius 2 is 1.83 bits per heavy atom. The summed E-state index contributed by atoms with van der Waals surface area (Å²) in [6.07, 6.45) is 3.62. The Morgan fingerprint density at radius 3 is 2.57 bits per heavy atom. The van der Waals surface area contributed by atoms with Gasteiger partial charge in [0.1, 0.15) is 6.33 Å². The summed E-state index contributed by atoms with van der Waals surface area (Å²) in [7, 11) is 0. The van der Waals surface area contributed by atoms with Crippen molar-refractivity contribution in [1.29, 1.82) is 0 Å². The van der Waals surface area contributed by atoms with Gasteiger partial charge in [0.15, 0.2) is 5.16 Å². The van der Waals surface area contributed by atoms with Crippen molar-refractivity contribution in [1.82, 2.24) is 20.1 Å². The summed E-state index contributed by atoms with van der Waals surface area (Å²) in [4.78, 5) is 14.9. The van der Waals surface area contributed by atoms with Crippen LogP contribution in [0.4, 0.5) is 5.69 Å². The summed E-state index contributed by atoms with van der Waals surface area (Å²) >= 11 is 1.42. The van der Waals surface area contributed by atoms with E-state index >= 15 is 0 Å². The minimum absolute atomic E-state index is 0.0489. The first-order valence-electron chi connectivity index (χ1n) is 10.3. The lowest BCUT2D eigenvalue weighted by atomic mass is 10.0. The summed E-state index contributed by atoms with van der Waals surface area (Å²) in [5.74, 6) is 0.385. The fraction of sp³-hybridized carbons (Fsp3) is 0.348. The molecule has 1 aliphatic heterocycles. The molecule has 0 spiro atoms. The van der Waals surface area contributed by atoms with Gasteiger partial charge < -0.3 is 10.2 Å². The number of rotatable bonds is 6. The first-order chi connectivity index (χ1) is 14.6. The van der Waals surface area contributed by atoms with E-state index in [1.54, 1.807) is 6.33 Å². The third-order valence-corrected chi connectivity index (χ3v) is 6.54. The van der Waals surface area contributed by atoms with E-state index < -0.39 is 0 Å². The molecule has 1 aromatic heterocycles. The number of anilines is 1. The lowest BCUT2D eigenvalue weighted by molar-refractivity contribution is -0.119. The monoisotopic (exact) mass is 421 g/mol. The van der Waals surface area contributed by atoms with E-state index in [0.29, 0.717) is 5.75 Å². The van der Waals surface area contributed by atoms with Gasteiger partial charge in [0, 0.05) is 30.5 Å². The molecule has 1 saturated heterocycles. The van der Waals surface area contributed by atoms with Crippen LogP contribution in [0, 0.1) is 13.8 Å². The molecule has 0 bridgehead atoms. The van der Waals surface area contributed by atoms with Crippen molar-refractivity contribution in [2.45, 2.75) is 37.9 Å². The Balaban J connectivity index is 1.28. The van der Waals surface area contributed by atoms with Crippen LogP contribution >= 0.6 is 11.8 Å². The van der Waals surface area contributed by atoms with Crippen LogP contribution in [0.3, 0.4) is 0 Å². The van der Waals surface area contributed by atoms with Crippen LogP contribution < -0.4 is 10.2 Å². The van der Waals surface area contributed by atoms with Crippen molar-refractivity contribution < 1.29 is 4.79 Å². The highest BCUT2D eigenvalue weighted by molar-refractivity contribution is 7.99. The molecule has 0 aliphatic carbocycles. The highest BCUT2D eigenvalue weighted by atomic mass is 32.2. The summed E-state index contributed by atoms with van der Waals surface area (Å²) in [6, 6.07) is 16.9. The molecule has 2 aromatic carbocycles. The molecule has 156 valence electrons. The molecule has 1 amide bonds. The topological polar surface area (TPSA) is 63.1 Å². The first kappa shape index (κ1) is 20.5. The number of carbonyl (C=O) groups is 1. The number of para-hydroxylation sites is 1. The Morgan fingerprint density at radius 1 is 1.07 bits per heavy atom. The Hall–Kier alpha value is -2.80. The third-order valence-electron chi connectivity index (χ3n) is 5.60. The van der Waals surface area contributed by atoms with Crippen LogP contribution in [0.5, 0.6) is 0 Å². The van der Waals surface area contributed by atoms with E-state index in [-0.39, 0.29) is 11.9 Å². The molecule has 4 rings (SSSR count). The maximum atomic E-state index is 12.5. The third kappa shape index (κ3) is 4.84. The van der Waals surface area contributed by atoms with Crippen LogP contribution in [0.1, 0.15) is 24.0 Å². The van der Waals surface area contributed by atoms with Gasteiger partial charge in [-0.3, -0.25) is 9.36 Å². The molecular formula is C23H27N5OS. The fourth-order valence-corrected chi connectivity index (χ4v) is 4.44. The number of aryl methyl sites for hydroxylation is 2. The lowest BCUT2D eigenvalue weighted by Gasteiger charge is -2.34. The molecule has 0 saturated carbocycles. The molecule has 3 aromatic rings. The maximum Gasteiger partial charge on any atom is 0.230 e. The van der Waals surface area contributed by atoms with E-state index in [2.05, 4.69) is 76.7 Å². The number of hydrogen-bond acceptors (Lipinski definition) is 5. The van der Waals surface area contributed by atoms with Crippen LogP contribution in [0.15, 0.2) is 60.0 Å².